The molecule has 1 aromatic carbocycles. The van der Waals surface area contributed by atoms with Crippen LogP contribution >= 0.6 is 15.9 Å². The minimum absolute atomic E-state index is 0.161. The van der Waals surface area contributed by atoms with E-state index in [2.05, 4.69) is 35.8 Å². The summed E-state index contributed by atoms with van der Waals surface area (Å²) in [6, 6.07) is 2.89. The number of hydrogen-bond acceptors (Lipinski definition) is 5. The number of nitrogens with zero attached hydrogens (tertiary/aromatic N) is 2. The van der Waals surface area contributed by atoms with E-state index in [1.807, 2.05) is 13.0 Å². The highest BCUT2D eigenvalue weighted by Crippen LogP contribution is 2.28. The van der Waals surface area contributed by atoms with E-state index in [0.29, 0.717) is 10.3 Å². The quantitative estimate of drug-likeness (QED) is 0.732. The molecule has 1 unspecified atom stereocenters. The maximum Gasteiger partial charge on any atom is 0.242 e. The first kappa shape index (κ1) is 16.1. The molecule has 0 amide bonds. The largest absolute Gasteiger partial charge is 0.326 e. The number of benzene rings is 1. The third-order valence-corrected chi connectivity index (χ3v) is 5.86. The molecule has 9 heteroatoms. The summed E-state index contributed by atoms with van der Waals surface area (Å²) >= 11 is 3.32. The molecule has 0 saturated heterocycles. The van der Waals surface area contributed by atoms with Crippen LogP contribution in [0.1, 0.15) is 29.9 Å². The Kier molecular flexibility index (Phi) is 4.77. The van der Waals surface area contributed by atoms with Gasteiger partial charge in [-0.05, 0) is 47.0 Å². The van der Waals surface area contributed by atoms with Crippen LogP contribution in [-0.2, 0) is 16.6 Å². The van der Waals surface area contributed by atoms with Gasteiger partial charge in [0.1, 0.15) is 12.2 Å². The summed E-state index contributed by atoms with van der Waals surface area (Å²) in [4.78, 5) is 4.10. The second-order valence-electron chi connectivity index (χ2n) is 4.64. The smallest absolute Gasteiger partial charge is 0.242 e. The van der Waals surface area contributed by atoms with Crippen molar-refractivity contribution in [2.45, 2.75) is 31.3 Å². The van der Waals surface area contributed by atoms with Crippen LogP contribution in [0.2, 0.25) is 0 Å². The average Bonchev–Trinajstić information content (AvgIpc) is 2.95. The molecule has 0 aliphatic rings. The summed E-state index contributed by atoms with van der Waals surface area (Å²) in [5.74, 6) is 0.446. The van der Waals surface area contributed by atoms with Crippen molar-refractivity contribution in [3.05, 3.63) is 39.9 Å². The number of sulfonamides is 1. The molecule has 0 spiro atoms. The maximum atomic E-state index is 12.5. The summed E-state index contributed by atoms with van der Waals surface area (Å²) < 4.78 is 28.2. The van der Waals surface area contributed by atoms with Gasteiger partial charge in [-0.3, -0.25) is 5.10 Å². The highest BCUT2D eigenvalue weighted by atomic mass is 79.9. The van der Waals surface area contributed by atoms with Gasteiger partial charge in [0.25, 0.3) is 0 Å². The molecule has 114 valence electrons. The first-order valence-electron chi connectivity index (χ1n) is 6.22. The third kappa shape index (κ3) is 3.49. The second kappa shape index (κ2) is 6.22. The van der Waals surface area contributed by atoms with E-state index in [4.69, 9.17) is 5.73 Å². The average molecular weight is 374 g/mol. The Morgan fingerprint density at radius 1 is 1.48 bits per heavy atom. The van der Waals surface area contributed by atoms with Crippen LogP contribution < -0.4 is 10.5 Å². The highest BCUT2D eigenvalue weighted by molar-refractivity contribution is 9.10. The number of nitrogens with one attached hydrogen (secondary N) is 2. The zero-order chi connectivity index (χ0) is 15.6. The van der Waals surface area contributed by atoms with E-state index < -0.39 is 16.1 Å². The van der Waals surface area contributed by atoms with Gasteiger partial charge in [-0.2, -0.15) is 5.10 Å². The number of rotatable bonds is 5. The van der Waals surface area contributed by atoms with Crippen molar-refractivity contribution in [1.29, 1.82) is 0 Å². The summed E-state index contributed by atoms with van der Waals surface area (Å²) in [6.07, 6.45) is 1.33. The maximum absolute atomic E-state index is 12.5. The number of H-pyrrole nitrogens is 1. The Hall–Kier alpha value is -1.29. The lowest BCUT2D eigenvalue weighted by molar-refractivity contribution is 0.559. The van der Waals surface area contributed by atoms with Gasteiger partial charge in [0.05, 0.1) is 10.9 Å². The standard InChI is InChI=1S/C12H16BrN5O2S/c1-7-3-9(5-14)4-10(11(7)13)21(19,20)18-8(2)12-15-6-16-17-12/h3-4,6,8,18H,5,14H2,1-2H3,(H,15,16,17). The molecule has 7 nitrogen and oxygen atoms in total. The summed E-state index contributed by atoms with van der Waals surface area (Å²) in [6.45, 7) is 3.78. The van der Waals surface area contributed by atoms with Gasteiger partial charge in [-0.15, -0.1) is 0 Å². The predicted molar refractivity (Wildman–Crippen MR) is 81.9 cm³/mol. The van der Waals surface area contributed by atoms with Crippen molar-refractivity contribution in [1.82, 2.24) is 19.9 Å². The number of aromatic nitrogens is 3. The van der Waals surface area contributed by atoms with Gasteiger partial charge in [0.2, 0.25) is 10.0 Å². The van der Waals surface area contributed by atoms with Gasteiger partial charge in [0, 0.05) is 11.0 Å². The SMILES string of the molecule is Cc1cc(CN)cc(S(=O)(=O)NC(C)c2ncn[nH]2)c1Br. The van der Waals surface area contributed by atoms with Gasteiger partial charge < -0.3 is 5.73 Å². The lowest BCUT2D eigenvalue weighted by Gasteiger charge is -2.15. The van der Waals surface area contributed by atoms with E-state index >= 15 is 0 Å². The summed E-state index contributed by atoms with van der Waals surface area (Å²) in [5, 5.41) is 6.35. The summed E-state index contributed by atoms with van der Waals surface area (Å²) in [7, 11) is -3.71. The molecule has 1 heterocycles. The fourth-order valence-electron chi connectivity index (χ4n) is 1.90. The molecule has 0 radical (unpaired) electrons. The van der Waals surface area contributed by atoms with Crippen molar-refractivity contribution < 1.29 is 8.42 Å². The Labute approximate surface area is 131 Å². The first-order chi connectivity index (χ1) is 9.85. The van der Waals surface area contributed by atoms with Gasteiger partial charge in [-0.1, -0.05) is 6.07 Å². The van der Waals surface area contributed by atoms with Crippen LogP contribution in [-0.4, -0.2) is 23.6 Å². The Morgan fingerprint density at radius 2 is 2.19 bits per heavy atom. The Balaban J connectivity index is 2.38. The van der Waals surface area contributed by atoms with Crippen molar-refractivity contribution in [2.24, 2.45) is 5.73 Å². The van der Waals surface area contributed by atoms with E-state index in [9.17, 15) is 8.42 Å². The zero-order valence-electron chi connectivity index (χ0n) is 11.6. The number of aromatic amines is 1. The van der Waals surface area contributed by atoms with Crippen LogP contribution in [0.3, 0.4) is 0 Å². The molecule has 1 aromatic heterocycles. The Morgan fingerprint density at radius 3 is 2.76 bits per heavy atom. The van der Waals surface area contributed by atoms with Crippen molar-refractivity contribution >= 4 is 26.0 Å². The van der Waals surface area contributed by atoms with Crippen LogP contribution in [0.25, 0.3) is 0 Å². The molecule has 0 saturated carbocycles. The van der Waals surface area contributed by atoms with Crippen molar-refractivity contribution in [3.8, 4) is 0 Å². The fraction of sp³-hybridized carbons (Fsp3) is 0.333. The lowest BCUT2D eigenvalue weighted by Crippen LogP contribution is -2.28. The normalized spacial score (nSPS) is 13.3. The first-order valence-corrected chi connectivity index (χ1v) is 8.49. The number of hydrogen-bond donors (Lipinski definition) is 3. The minimum Gasteiger partial charge on any atom is -0.326 e. The molecule has 21 heavy (non-hydrogen) atoms. The van der Waals surface area contributed by atoms with E-state index in [-0.39, 0.29) is 11.4 Å². The second-order valence-corrected chi connectivity index (χ2v) is 7.12. The summed E-state index contributed by atoms with van der Waals surface area (Å²) in [5.41, 5.74) is 7.17. The van der Waals surface area contributed by atoms with E-state index in [0.717, 1.165) is 11.1 Å². The molecule has 1 atom stereocenters. The van der Waals surface area contributed by atoms with Crippen molar-refractivity contribution in [3.63, 3.8) is 0 Å². The molecule has 0 bridgehead atoms. The van der Waals surface area contributed by atoms with Gasteiger partial charge in [0.15, 0.2) is 0 Å². The topological polar surface area (TPSA) is 114 Å². The molecule has 4 N–H and O–H groups in total. The predicted octanol–water partition coefficient (Wildman–Crippen LogP) is 1.37. The molecular formula is C12H16BrN5O2S. The van der Waals surface area contributed by atoms with Crippen molar-refractivity contribution in [2.75, 3.05) is 0 Å². The lowest BCUT2D eigenvalue weighted by atomic mass is 10.1. The Bertz CT molecular complexity index is 730. The minimum atomic E-state index is -3.71. The van der Waals surface area contributed by atoms with Crippen LogP contribution in [0.4, 0.5) is 0 Å². The number of halogens is 1. The zero-order valence-corrected chi connectivity index (χ0v) is 14.0. The van der Waals surface area contributed by atoms with E-state index in [1.54, 1.807) is 13.0 Å². The molecule has 0 aliphatic heterocycles. The molecule has 2 rings (SSSR count). The van der Waals surface area contributed by atoms with Gasteiger partial charge in [-0.25, -0.2) is 18.1 Å². The van der Waals surface area contributed by atoms with Crippen LogP contribution in [0.15, 0.2) is 27.8 Å². The fourth-order valence-corrected chi connectivity index (χ4v) is 4.17. The molecule has 2 aromatic rings. The third-order valence-electron chi connectivity index (χ3n) is 2.98. The molecule has 0 fully saturated rings. The van der Waals surface area contributed by atoms with Gasteiger partial charge >= 0.3 is 0 Å². The molecule has 0 aliphatic carbocycles. The number of aryl methyl sites for hydroxylation is 1. The van der Waals surface area contributed by atoms with Crippen LogP contribution in [0.5, 0.6) is 0 Å². The monoisotopic (exact) mass is 373 g/mol. The van der Waals surface area contributed by atoms with E-state index in [1.165, 1.54) is 6.33 Å². The molecular weight excluding hydrogens is 358 g/mol. The highest BCUT2D eigenvalue weighted by Gasteiger charge is 2.23. The number of nitrogens with two attached hydrogens (primary N) is 1. The van der Waals surface area contributed by atoms with Crippen LogP contribution in [0, 0.1) is 6.92 Å².